The smallest absolute Gasteiger partial charge is 0.286 e. The number of anilines is 1. The van der Waals surface area contributed by atoms with Gasteiger partial charge in [0, 0.05) is 19.4 Å². The van der Waals surface area contributed by atoms with E-state index in [1.807, 2.05) is 31.2 Å². The molecule has 0 radical (unpaired) electrons. The van der Waals surface area contributed by atoms with Gasteiger partial charge in [0.2, 0.25) is 5.91 Å². The molecule has 0 saturated heterocycles. The van der Waals surface area contributed by atoms with Crippen LogP contribution in [0.3, 0.4) is 0 Å². The van der Waals surface area contributed by atoms with E-state index in [2.05, 4.69) is 15.0 Å². The Balaban J connectivity index is 1.55. The number of nitrogens with zero attached hydrogens (tertiary/aromatic N) is 1. The second-order valence-corrected chi connectivity index (χ2v) is 8.35. The molecule has 2 aromatic carbocycles. The molecular weight excluding hydrogens is 378 g/mol. The monoisotopic (exact) mass is 401 g/mol. The molecule has 2 N–H and O–H groups in total. The van der Waals surface area contributed by atoms with Gasteiger partial charge < -0.3 is 15.4 Å². The molecule has 7 nitrogen and oxygen atoms in total. The van der Waals surface area contributed by atoms with E-state index in [1.54, 1.807) is 25.3 Å². The number of para-hydroxylation sites is 1. The fraction of sp³-hybridized carbons (Fsp3) is 0.300. The van der Waals surface area contributed by atoms with Crippen LogP contribution in [0.4, 0.5) is 5.69 Å². The van der Waals surface area contributed by atoms with Crippen molar-refractivity contribution in [2.45, 2.75) is 31.2 Å². The van der Waals surface area contributed by atoms with Crippen molar-refractivity contribution in [1.82, 2.24) is 5.32 Å². The minimum atomic E-state index is -3.71. The van der Waals surface area contributed by atoms with E-state index in [1.165, 1.54) is 6.07 Å². The van der Waals surface area contributed by atoms with Crippen LogP contribution in [-0.2, 0) is 21.4 Å². The first-order valence-corrected chi connectivity index (χ1v) is 10.4. The number of sulfonamides is 1. The van der Waals surface area contributed by atoms with E-state index < -0.39 is 10.0 Å². The lowest BCUT2D eigenvalue weighted by Crippen LogP contribution is -2.27. The summed E-state index contributed by atoms with van der Waals surface area (Å²) in [6.45, 7) is 2.30. The van der Waals surface area contributed by atoms with E-state index in [0.29, 0.717) is 24.5 Å². The van der Waals surface area contributed by atoms with Crippen LogP contribution in [0.5, 0.6) is 5.75 Å². The summed E-state index contributed by atoms with van der Waals surface area (Å²) < 4.78 is 33.6. The quantitative estimate of drug-likeness (QED) is 0.744. The van der Waals surface area contributed by atoms with Crippen LogP contribution in [-0.4, -0.2) is 27.3 Å². The number of fused-ring (bicyclic) bond motifs is 1. The maximum Gasteiger partial charge on any atom is 0.286 e. The molecule has 0 fully saturated rings. The van der Waals surface area contributed by atoms with Crippen LogP contribution >= 0.6 is 0 Å². The van der Waals surface area contributed by atoms with Gasteiger partial charge in [-0.3, -0.25) is 4.79 Å². The molecule has 0 bridgehead atoms. The third-order valence-corrected chi connectivity index (χ3v) is 5.75. The highest BCUT2D eigenvalue weighted by Gasteiger charge is 2.25. The van der Waals surface area contributed by atoms with E-state index in [4.69, 9.17) is 4.74 Å². The van der Waals surface area contributed by atoms with Gasteiger partial charge in [0.05, 0.1) is 12.8 Å². The Labute approximate surface area is 164 Å². The SMILES string of the molecule is COc1cccc(CNC(=O)C[C@@H](C)CC2=NS(=O)(=O)c3ccccc3N2)c1. The van der Waals surface area contributed by atoms with Crippen LogP contribution in [0.2, 0.25) is 0 Å². The van der Waals surface area contributed by atoms with Gasteiger partial charge in [-0.25, -0.2) is 0 Å². The van der Waals surface area contributed by atoms with Crippen LogP contribution in [0, 0.1) is 5.92 Å². The second kappa shape index (κ2) is 8.43. The Morgan fingerprint density at radius 1 is 1.21 bits per heavy atom. The van der Waals surface area contributed by atoms with E-state index >= 15 is 0 Å². The van der Waals surface area contributed by atoms with Gasteiger partial charge >= 0.3 is 0 Å². The average Bonchev–Trinajstić information content (AvgIpc) is 2.66. The van der Waals surface area contributed by atoms with Gasteiger partial charge in [0.1, 0.15) is 16.5 Å². The summed E-state index contributed by atoms with van der Waals surface area (Å²) in [6, 6.07) is 14.1. The lowest BCUT2D eigenvalue weighted by atomic mass is 10.0. The Kier molecular flexibility index (Phi) is 5.99. The number of benzene rings is 2. The highest BCUT2D eigenvalue weighted by molar-refractivity contribution is 7.90. The Bertz CT molecular complexity index is 1000. The largest absolute Gasteiger partial charge is 0.497 e. The standard InChI is InChI=1S/C20H23N3O4S/c1-14(11-20(24)21-13-15-6-5-7-16(12-15)27-2)10-19-22-17-8-3-4-9-18(17)28(25,26)23-19/h3-9,12,14H,10-11,13H2,1-2H3,(H,21,24)(H,22,23)/t14-/m0/s1. The number of hydrogen-bond donors (Lipinski definition) is 2. The molecule has 148 valence electrons. The normalized spacial score (nSPS) is 15.6. The summed E-state index contributed by atoms with van der Waals surface area (Å²) in [6.07, 6.45) is 0.631. The molecule has 0 unspecified atom stereocenters. The predicted molar refractivity (Wildman–Crippen MR) is 108 cm³/mol. The zero-order valence-corrected chi connectivity index (χ0v) is 16.6. The van der Waals surface area contributed by atoms with Crippen molar-refractivity contribution in [3.05, 3.63) is 54.1 Å². The Hall–Kier alpha value is -2.87. The van der Waals surface area contributed by atoms with Crippen molar-refractivity contribution in [2.24, 2.45) is 10.3 Å². The van der Waals surface area contributed by atoms with Gasteiger partial charge in [0.15, 0.2) is 0 Å². The maximum atomic E-state index is 12.3. The number of nitrogens with one attached hydrogen (secondary N) is 2. The molecule has 0 saturated carbocycles. The van der Waals surface area contributed by atoms with Gasteiger partial charge in [-0.2, -0.15) is 8.42 Å². The van der Waals surface area contributed by atoms with Gasteiger partial charge in [0.25, 0.3) is 10.0 Å². The fourth-order valence-corrected chi connectivity index (χ4v) is 4.19. The number of amides is 1. The van der Waals surface area contributed by atoms with Crippen molar-refractivity contribution in [3.8, 4) is 5.75 Å². The topological polar surface area (TPSA) is 96.9 Å². The summed E-state index contributed by atoms with van der Waals surface area (Å²) in [7, 11) is -2.11. The van der Waals surface area contributed by atoms with Crippen LogP contribution in [0.25, 0.3) is 0 Å². The third kappa shape index (κ3) is 4.89. The first kappa shape index (κ1) is 19.9. The summed E-state index contributed by atoms with van der Waals surface area (Å²) in [5.74, 6) is 0.918. The first-order valence-electron chi connectivity index (χ1n) is 8.97. The minimum Gasteiger partial charge on any atom is -0.497 e. The summed E-state index contributed by atoms with van der Waals surface area (Å²) in [4.78, 5) is 12.4. The molecule has 1 atom stereocenters. The molecule has 8 heteroatoms. The van der Waals surface area contributed by atoms with Crippen LogP contribution in [0.1, 0.15) is 25.3 Å². The lowest BCUT2D eigenvalue weighted by Gasteiger charge is -2.20. The number of rotatable bonds is 7. The highest BCUT2D eigenvalue weighted by Crippen LogP contribution is 2.28. The van der Waals surface area contributed by atoms with Crippen molar-refractivity contribution in [2.75, 3.05) is 12.4 Å². The number of ether oxygens (including phenoxy) is 1. The molecule has 1 amide bonds. The van der Waals surface area contributed by atoms with Crippen LogP contribution in [0.15, 0.2) is 57.8 Å². The van der Waals surface area contributed by atoms with Crippen molar-refractivity contribution < 1.29 is 17.9 Å². The second-order valence-electron chi connectivity index (χ2n) is 6.78. The highest BCUT2D eigenvalue weighted by atomic mass is 32.2. The first-order chi connectivity index (χ1) is 13.4. The van der Waals surface area contributed by atoms with Gasteiger partial charge in [-0.05, 0) is 35.7 Å². The molecule has 0 spiro atoms. The lowest BCUT2D eigenvalue weighted by molar-refractivity contribution is -0.122. The zero-order valence-electron chi connectivity index (χ0n) is 15.8. The number of amidine groups is 1. The number of methoxy groups -OCH3 is 1. The summed E-state index contributed by atoms with van der Waals surface area (Å²) in [5.41, 5.74) is 1.46. The van der Waals surface area contributed by atoms with Crippen LogP contribution < -0.4 is 15.4 Å². The fourth-order valence-electron chi connectivity index (χ4n) is 3.03. The van der Waals surface area contributed by atoms with Crippen molar-refractivity contribution in [1.29, 1.82) is 0 Å². The van der Waals surface area contributed by atoms with E-state index in [9.17, 15) is 13.2 Å². The number of carbonyl (C=O) groups is 1. The molecule has 1 heterocycles. The molecule has 1 aliphatic rings. The number of carbonyl (C=O) groups excluding carboxylic acids is 1. The molecule has 2 aromatic rings. The molecule has 0 aromatic heterocycles. The molecule has 3 rings (SSSR count). The molecule has 0 aliphatic carbocycles. The van der Waals surface area contributed by atoms with E-state index in [0.717, 1.165) is 11.3 Å². The maximum absolute atomic E-state index is 12.3. The Morgan fingerprint density at radius 3 is 2.79 bits per heavy atom. The molecule has 28 heavy (non-hydrogen) atoms. The average molecular weight is 401 g/mol. The van der Waals surface area contributed by atoms with Gasteiger partial charge in [-0.15, -0.1) is 4.40 Å². The third-order valence-electron chi connectivity index (χ3n) is 4.37. The molecule has 1 aliphatic heterocycles. The summed E-state index contributed by atoms with van der Waals surface area (Å²) >= 11 is 0. The van der Waals surface area contributed by atoms with Gasteiger partial charge in [-0.1, -0.05) is 31.2 Å². The Morgan fingerprint density at radius 2 is 2.00 bits per heavy atom. The zero-order chi connectivity index (χ0) is 20.1. The minimum absolute atomic E-state index is 0.0722. The predicted octanol–water partition coefficient (Wildman–Crippen LogP) is 2.94. The summed E-state index contributed by atoms with van der Waals surface area (Å²) in [5, 5.41) is 5.93. The molecular formula is C20H23N3O4S. The number of hydrogen-bond acceptors (Lipinski definition) is 5. The van der Waals surface area contributed by atoms with Crippen molar-refractivity contribution in [3.63, 3.8) is 0 Å². The van der Waals surface area contributed by atoms with E-state index in [-0.39, 0.29) is 23.1 Å². The van der Waals surface area contributed by atoms with Crippen molar-refractivity contribution >= 4 is 27.5 Å².